The molecule has 0 bridgehead atoms. The molecule has 0 aromatic heterocycles. The van der Waals surface area contributed by atoms with Crippen LogP contribution in [0, 0.1) is 0 Å². The molecule has 0 spiro atoms. The van der Waals surface area contributed by atoms with Crippen molar-refractivity contribution in [2.75, 3.05) is 6.50 Å². The molecule has 1 heterocycles. The number of nitrogens with one attached hydrogen (secondary N) is 1. The summed E-state index contributed by atoms with van der Waals surface area (Å²) in [6, 6.07) is 4.49. The standard InChI is InChI=1S/C9H10BrN/c10-9-2-1-8-6-11-4-3-7(8)5-9/h1-2,5,11H,3-4,6H2/i3D2,4D2,6D2. The Morgan fingerprint density at radius 2 is 2.36 bits per heavy atom. The summed E-state index contributed by atoms with van der Waals surface area (Å²) in [6.45, 7) is -4.56. The maximum absolute atomic E-state index is 7.83. The minimum absolute atomic E-state index is 0.0284. The SMILES string of the molecule is [2H]C1([2H])NC([2H])([2H])C([2H])([2H])c2cc(Br)ccc21. The van der Waals surface area contributed by atoms with Gasteiger partial charge in [-0.2, -0.15) is 0 Å². The van der Waals surface area contributed by atoms with E-state index in [-0.39, 0.29) is 11.1 Å². The van der Waals surface area contributed by atoms with E-state index in [0.717, 1.165) is 0 Å². The summed E-state index contributed by atoms with van der Waals surface area (Å²) in [6.07, 6.45) is -2.29. The number of aryl methyl sites for hydroxylation is 1. The molecule has 0 radical (unpaired) electrons. The van der Waals surface area contributed by atoms with E-state index in [9.17, 15) is 0 Å². The quantitative estimate of drug-likeness (QED) is 0.703. The summed E-state index contributed by atoms with van der Waals surface area (Å²) in [5.41, 5.74) is 0.154. The first-order valence-electron chi connectivity index (χ1n) is 6.18. The van der Waals surface area contributed by atoms with Crippen molar-refractivity contribution in [3.8, 4) is 0 Å². The maximum atomic E-state index is 7.83. The highest BCUT2D eigenvalue weighted by atomic mass is 79.9. The minimum Gasteiger partial charge on any atom is -0.312 e. The van der Waals surface area contributed by atoms with Gasteiger partial charge >= 0.3 is 0 Å². The van der Waals surface area contributed by atoms with E-state index in [0.29, 0.717) is 4.47 Å². The molecule has 11 heavy (non-hydrogen) atoms. The summed E-state index contributed by atoms with van der Waals surface area (Å²) >= 11 is 3.19. The van der Waals surface area contributed by atoms with Crippen molar-refractivity contribution in [2.45, 2.75) is 12.9 Å². The first-order valence-corrected chi connectivity index (χ1v) is 3.97. The van der Waals surface area contributed by atoms with E-state index < -0.39 is 19.4 Å². The predicted octanol–water partition coefficient (Wildman–Crippen LogP) is 2.09. The van der Waals surface area contributed by atoms with Crippen LogP contribution in [0.25, 0.3) is 0 Å². The van der Waals surface area contributed by atoms with Crippen LogP contribution in [0.4, 0.5) is 0 Å². The molecule has 1 aliphatic rings. The molecular formula is C9H10BrN. The molecule has 58 valence electrons. The minimum atomic E-state index is -2.47. The van der Waals surface area contributed by atoms with Gasteiger partial charge in [-0.15, -0.1) is 0 Å². The highest BCUT2D eigenvalue weighted by Crippen LogP contribution is 2.18. The molecule has 0 saturated carbocycles. The number of benzene rings is 1. The van der Waals surface area contributed by atoms with Crippen LogP contribution >= 0.6 is 15.9 Å². The van der Waals surface area contributed by atoms with Gasteiger partial charge in [0.05, 0.1) is 0 Å². The fraction of sp³-hybridized carbons (Fsp3) is 0.333. The van der Waals surface area contributed by atoms with Crippen LogP contribution < -0.4 is 5.32 Å². The maximum Gasteiger partial charge on any atom is 0.0479 e. The number of hydrogen-bond acceptors (Lipinski definition) is 1. The first kappa shape index (κ1) is 3.19. The first-order chi connectivity index (χ1) is 7.58. The second-order valence-corrected chi connectivity index (χ2v) is 3.11. The molecule has 1 N–H and O–H groups in total. The molecule has 2 rings (SSSR count). The largest absolute Gasteiger partial charge is 0.312 e. The molecule has 0 amide bonds. The highest BCUT2D eigenvalue weighted by molar-refractivity contribution is 9.10. The van der Waals surface area contributed by atoms with E-state index in [2.05, 4.69) is 21.2 Å². The Hall–Kier alpha value is -0.340. The fourth-order valence-corrected chi connectivity index (χ4v) is 1.29. The molecular weight excluding hydrogens is 202 g/mol. The van der Waals surface area contributed by atoms with Gasteiger partial charge in [0.25, 0.3) is 0 Å². The summed E-state index contributed by atoms with van der Waals surface area (Å²) in [5, 5.41) is 2.07. The van der Waals surface area contributed by atoms with Gasteiger partial charge in [0.2, 0.25) is 0 Å². The Labute approximate surface area is 83.4 Å². The molecule has 2 heteroatoms. The zero-order valence-electron chi connectivity index (χ0n) is 11.6. The van der Waals surface area contributed by atoms with Crippen molar-refractivity contribution >= 4 is 15.9 Å². The Balaban J connectivity index is 2.74. The van der Waals surface area contributed by atoms with E-state index in [1.54, 1.807) is 6.07 Å². The zero-order chi connectivity index (χ0) is 13.1. The Morgan fingerprint density at radius 3 is 3.27 bits per heavy atom. The number of hydrogen-bond donors (Lipinski definition) is 1. The van der Waals surface area contributed by atoms with Crippen molar-refractivity contribution in [3.63, 3.8) is 0 Å². The molecule has 0 unspecified atom stereocenters. The van der Waals surface area contributed by atoms with Gasteiger partial charge in [0.1, 0.15) is 0 Å². The Morgan fingerprint density at radius 1 is 1.45 bits per heavy atom. The van der Waals surface area contributed by atoms with Gasteiger partial charge in [0.15, 0.2) is 0 Å². The van der Waals surface area contributed by atoms with Gasteiger partial charge in [-0.3, -0.25) is 0 Å². The van der Waals surface area contributed by atoms with Crippen LogP contribution in [0.2, 0.25) is 0 Å². The van der Waals surface area contributed by atoms with Gasteiger partial charge < -0.3 is 5.32 Å². The Kier molecular flexibility index (Phi) is 0.857. The average Bonchev–Trinajstić information content (AvgIpc) is 2.13. The lowest BCUT2D eigenvalue weighted by Crippen LogP contribution is -2.23. The number of rotatable bonds is 0. The third-order valence-corrected chi connectivity index (χ3v) is 1.93. The summed E-state index contributed by atoms with van der Waals surface area (Å²) < 4.78 is 47.0. The summed E-state index contributed by atoms with van der Waals surface area (Å²) in [7, 11) is 0. The van der Waals surface area contributed by atoms with Crippen molar-refractivity contribution in [1.82, 2.24) is 5.32 Å². The monoisotopic (exact) mass is 217 g/mol. The van der Waals surface area contributed by atoms with Crippen molar-refractivity contribution < 1.29 is 8.22 Å². The van der Waals surface area contributed by atoms with Crippen LogP contribution in [-0.4, -0.2) is 6.50 Å². The summed E-state index contributed by atoms with van der Waals surface area (Å²) in [5.74, 6) is 0. The van der Waals surface area contributed by atoms with Crippen LogP contribution in [0.1, 0.15) is 19.4 Å². The summed E-state index contributed by atoms with van der Waals surface area (Å²) in [4.78, 5) is 0. The second kappa shape index (κ2) is 2.95. The molecule has 0 saturated heterocycles. The highest BCUT2D eigenvalue weighted by Gasteiger charge is 2.07. The second-order valence-electron chi connectivity index (χ2n) is 2.19. The molecule has 1 aromatic rings. The van der Waals surface area contributed by atoms with Gasteiger partial charge in [-0.05, 0) is 36.1 Å². The number of fused-ring (bicyclic) bond motifs is 1. The third-order valence-electron chi connectivity index (χ3n) is 1.44. The predicted molar refractivity (Wildman–Crippen MR) is 49.6 cm³/mol. The number of halogens is 1. The zero-order valence-corrected chi connectivity index (χ0v) is 7.20. The molecule has 0 fully saturated rings. The lowest BCUT2D eigenvalue weighted by atomic mass is 10.0. The van der Waals surface area contributed by atoms with Crippen molar-refractivity contribution in [1.29, 1.82) is 0 Å². The van der Waals surface area contributed by atoms with Crippen LogP contribution in [0.15, 0.2) is 22.7 Å². The van der Waals surface area contributed by atoms with E-state index in [1.807, 2.05) is 0 Å². The molecule has 0 atom stereocenters. The van der Waals surface area contributed by atoms with Crippen LogP contribution in [0.3, 0.4) is 0 Å². The third kappa shape index (κ3) is 1.47. The van der Waals surface area contributed by atoms with Crippen LogP contribution in [0.5, 0.6) is 0 Å². The van der Waals surface area contributed by atoms with Gasteiger partial charge in [0, 0.05) is 19.2 Å². The molecule has 1 aliphatic heterocycles. The van der Waals surface area contributed by atoms with E-state index in [4.69, 9.17) is 8.22 Å². The van der Waals surface area contributed by atoms with Crippen molar-refractivity contribution in [2.24, 2.45) is 0 Å². The lowest BCUT2D eigenvalue weighted by molar-refractivity contribution is 0.643. The van der Waals surface area contributed by atoms with Gasteiger partial charge in [-0.1, -0.05) is 22.0 Å². The average molecular weight is 218 g/mol. The molecule has 1 nitrogen and oxygen atoms in total. The lowest BCUT2D eigenvalue weighted by Gasteiger charge is -2.16. The van der Waals surface area contributed by atoms with E-state index in [1.165, 1.54) is 12.1 Å². The molecule has 1 aromatic carbocycles. The van der Waals surface area contributed by atoms with Gasteiger partial charge in [-0.25, -0.2) is 0 Å². The topological polar surface area (TPSA) is 12.0 Å². The smallest absolute Gasteiger partial charge is 0.0479 e. The normalized spacial score (nSPS) is 37.9. The van der Waals surface area contributed by atoms with E-state index >= 15 is 0 Å². The van der Waals surface area contributed by atoms with Crippen molar-refractivity contribution in [3.05, 3.63) is 33.8 Å². The Bertz CT molecular complexity index is 473. The van der Waals surface area contributed by atoms with Crippen LogP contribution in [-0.2, 0) is 12.9 Å². The fourth-order valence-electron chi connectivity index (χ4n) is 0.926. The molecule has 0 aliphatic carbocycles.